The fourth-order valence-electron chi connectivity index (χ4n) is 0.686. The molecule has 5 heteroatoms. The molecule has 0 aromatic heterocycles. The molecule has 2 amide bonds. The first-order chi connectivity index (χ1) is 4.75. The Hall–Kier alpha value is -0.550. The second kappa shape index (κ2) is 3.03. The molecular weight excluding hydrogens is 154 g/mol. The van der Waals surface area contributed by atoms with Crippen LogP contribution >= 0.6 is 11.9 Å². The molecule has 56 valence electrons. The number of nitrogens with zero attached hydrogens (tertiary/aromatic N) is 1. The minimum absolute atomic E-state index is 0.0204. The van der Waals surface area contributed by atoms with E-state index in [0.29, 0.717) is 0 Å². The molecule has 0 aromatic rings. The zero-order chi connectivity index (χ0) is 7.56. The van der Waals surface area contributed by atoms with Gasteiger partial charge in [0.15, 0.2) is 0 Å². The highest BCUT2D eigenvalue weighted by atomic mass is 32.2. The molecule has 0 radical (unpaired) electrons. The summed E-state index contributed by atoms with van der Waals surface area (Å²) in [4.78, 5) is 21.6. The molecule has 0 atom stereocenters. The van der Waals surface area contributed by atoms with Crippen LogP contribution in [0.3, 0.4) is 0 Å². The Balaban J connectivity index is 2.62. The predicted molar refractivity (Wildman–Crippen MR) is 36.2 cm³/mol. The van der Waals surface area contributed by atoms with Crippen molar-refractivity contribution in [2.24, 2.45) is 0 Å². The fraction of sp³-hybridized carbons (Fsp3) is 0.600. The monoisotopic (exact) mass is 161 g/mol. The molecule has 1 rings (SSSR count). The van der Waals surface area contributed by atoms with Crippen molar-refractivity contribution in [1.82, 2.24) is 4.31 Å². The van der Waals surface area contributed by atoms with E-state index in [4.69, 9.17) is 0 Å². The van der Waals surface area contributed by atoms with Crippen molar-refractivity contribution in [3.63, 3.8) is 0 Å². The van der Waals surface area contributed by atoms with Gasteiger partial charge in [-0.2, -0.15) is 0 Å². The number of hydrogen-bond donors (Lipinski definition) is 0. The summed E-state index contributed by atoms with van der Waals surface area (Å²) in [5.41, 5.74) is 0. The van der Waals surface area contributed by atoms with Crippen LogP contribution in [0, 0.1) is 0 Å². The highest BCUT2D eigenvalue weighted by Gasteiger charge is 2.25. The number of morpholine rings is 1. The highest BCUT2D eigenvalue weighted by Crippen LogP contribution is 2.10. The van der Waals surface area contributed by atoms with Gasteiger partial charge in [0.05, 0.1) is 0 Å². The molecule has 0 bridgehead atoms. The van der Waals surface area contributed by atoms with E-state index in [-0.39, 0.29) is 25.0 Å². The normalized spacial score (nSPS) is 19.9. The maximum absolute atomic E-state index is 10.8. The third kappa shape index (κ3) is 1.30. The summed E-state index contributed by atoms with van der Waals surface area (Å²) in [5.74, 6) is -0.549. The molecule has 0 N–H and O–H groups in total. The molecule has 0 unspecified atom stereocenters. The van der Waals surface area contributed by atoms with Gasteiger partial charge in [0, 0.05) is 6.26 Å². The molecule has 1 aliphatic rings. The lowest BCUT2D eigenvalue weighted by Crippen LogP contribution is -2.41. The SMILES string of the molecule is CSN1C(=O)COCC1=O. The van der Waals surface area contributed by atoms with Crippen molar-refractivity contribution in [2.45, 2.75) is 0 Å². The van der Waals surface area contributed by atoms with E-state index in [1.165, 1.54) is 0 Å². The number of carbonyl (C=O) groups excluding carboxylic acids is 2. The molecule has 1 heterocycles. The number of imide groups is 1. The number of amides is 2. The first-order valence-electron chi connectivity index (χ1n) is 2.73. The largest absolute Gasteiger partial charge is 0.362 e. The van der Waals surface area contributed by atoms with Gasteiger partial charge in [-0.1, -0.05) is 0 Å². The highest BCUT2D eigenvalue weighted by molar-refractivity contribution is 7.97. The smallest absolute Gasteiger partial charge is 0.265 e. The van der Waals surface area contributed by atoms with Gasteiger partial charge >= 0.3 is 0 Å². The molecule has 0 aromatic carbocycles. The lowest BCUT2D eigenvalue weighted by Gasteiger charge is -2.21. The summed E-state index contributed by atoms with van der Waals surface area (Å²) in [6.07, 6.45) is 1.68. The van der Waals surface area contributed by atoms with Crippen molar-refractivity contribution in [3.05, 3.63) is 0 Å². The minimum atomic E-state index is -0.274. The van der Waals surface area contributed by atoms with Crippen LogP contribution in [0.2, 0.25) is 0 Å². The fourth-order valence-corrected chi connectivity index (χ4v) is 1.20. The van der Waals surface area contributed by atoms with Crippen molar-refractivity contribution in [3.8, 4) is 0 Å². The first kappa shape index (κ1) is 7.56. The zero-order valence-electron chi connectivity index (χ0n) is 5.49. The second-order valence-electron chi connectivity index (χ2n) is 1.76. The molecule has 1 saturated heterocycles. The van der Waals surface area contributed by atoms with Gasteiger partial charge in [0.2, 0.25) is 0 Å². The maximum atomic E-state index is 10.8. The molecule has 0 saturated carbocycles. The van der Waals surface area contributed by atoms with E-state index in [9.17, 15) is 9.59 Å². The number of hydrogen-bond acceptors (Lipinski definition) is 4. The first-order valence-corrected chi connectivity index (χ1v) is 3.91. The number of carbonyl (C=O) groups is 2. The van der Waals surface area contributed by atoms with Gasteiger partial charge in [0.1, 0.15) is 13.2 Å². The van der Waals surface area contributed by atoms with Gasteiger partial charge < -0.3 is 4.74 Å². The third-order valence-corrected chi connectivity index (χ3v) is 1.86. The van der Waals surface area contributed by atoms with Crippen LogP contribution in [-0.4, -0.2) is 35.6 Å². The van der Waals surface area contributed by atoms with Crippen molar-refractivity contribution < 1.29 is 14.3 Å². The second-order valence-corrected chi connectivity index (χ2v) is 2.49. The molecule has 1 fully saturated rings. The standard InChI is InChI=1S/C5H7NO3S/c1-10-6-4(7)2-9-3-5(6)8/h2-3H2,1H3. The van der Waals surface area contributed by atoms with Gasteiger partial charge in [-0.25, -0.2) is 4.31 Å². The van der Waals surface area contributed by atoms with E-state index >= 15 is 0 Å². The van der Waals surface area contributed by atoms with E-state index in [1.54, 1.807) is 6.26 Å². The number of ether oxygens (including phenoxy) is 1. The Morgan fingerprint density at radius 1 is 1.40 bits per heavy atom. The van der Waals surface area contributed by atoms with Crippen LogP contribution in [0.1, 0.15) is 0 Å². The van der Waals surface area contributed by atoms with Crippen LogP contribution in [0.4, 0.5) is 0 Å². The van der Waals surface area contributed by atoms with E-state index < -0.39 is 0 Å². The van der Waals surface area contributed by atoms with Gasteiger partial charge in [-0.15, -0.1) is 0 Å². The summed E-state index contributed by atoms with van der Waals surface area (Å²) < 4.78 is 5.79. The molecule has 1 aliphatic heterocycles. The summed E-state index contributed by atoms with van der Waals surface area (Å²) in [6, 6.07) is 0. The Morgan fingerprint density at radius 3 is 2.20 bits per heavy atom. The van der Waals surface area contributed by atoms with E-state index in [1.807, 2.05) is 0 Å². The lowest BCUT2D eigenvalue weighted by atomic mass is 10.5. The Labute approximate surface area is 62.6 Å². The van der Waals surface area contributed by atoms with E-state index in [0.717, 1.165) is 16.3 Å². The quantitative estimate of drug-likeness (QED) is 0.389. The molecule has 10 heavy (non-hydrogen) atoms. The Morgan fingerprint density at radius 2 is 1.90 bits per heavy atom. The Kier molecular flexibility index (Phi) is 2.29. The summed E-state index contributed by atoms with van der Waals surface area (Å²) in [6.45, 7) is 0.0408. The summed E-state index contributed by atoms with van der Waals surface area (Å²) in [7, 11) is 0. The van der Waals surface area contributed by atoms with Crippen molar-refractivity contribution >= 4 is 23.8 Å². The average molecular weight is 161 g/mol. The van der Waals surface area contributed by atoms with Crippen LogP contribution in [0.15, 0.2) is 0 Å². The van der Waals surface area contributed by atoms with Crippen LogP contribution < -0.4 is 0 Å². The van der Waals surface area contributed by atoms with Gasteiger partial charge in [-0.05, 0) is 11.9 Å². The minimum Gasteiger partial charge on any atom is -0.362 e. The van der Waals surface area contributed by atoms with Crippen LogP contribution in [-0.2, 0) is 14.3 Å². The summed E-state index contributed by atoms with van der Waals surface area (Å²) >= 11 is 1.12. The summed E-state index contributed by atoms with van der Waals surface area (Å²) in [5, 5.41) is 0. The van der Waals surface area contributed by atoms with E-state index in [2.05, 4.69) is 4.74 Å². The third-order valence-electron chi connectivity index (χ3n) is 1.09. The zero-order valence-corrected chi connectivity index (χ0v) is 6.31. The molecule has 0 aliphatic carbocycles. The molecule has 0 spiro atoms. The van der Waals surface area contributed by atoms with Crippen LogP contribution in [0.25, 0.3) is 0 Å². The predicted octanol–water partition coefficient (Wildman–Crippen LogP) is -0.350. The topological polar surface area (TPSA) is 46.6 Å². The van der Waals surface area contributed by atoms with Gasteiger partial charge in [0.25, 0.3) is 11.8 Å². The maximum Gasteiger partial charge on any atom is 0.265 e. The molecule has 4 nitrogen and oxygen atoms in total. The Bertz CT molecular complexity index is 154. The van der Waals surface area contributed by atoms with Crippen molar-refractivity contribution in [2.75, 3.05) is 19.5 Å². The number of rotatable bonds is 1. The average Bonchev–Trinajstić information content (AvgIpc) is 1.88. The van der Waals surface area contributed by atoms with Crippen LogP contribution in [0.5, 0.6) is 0 Å². The molecular formula is C5H7NO3S. The lowest BCUT2D eigenvalue weighted by molar-refractivity contribution is -0.150. The van der Waals surface area contributed by atoms with Gasteiger partial charge in [-0.3, -0.25) is 9.59 Å². The van der Waals surface area contributed by atoms with Crippen molar-refractivity contribution in [1.29, 1.82) is 0 Å².